The zero-order valence-electron chi connectivity index (χ0n) is 11.3. The molecule has 0 amide bonds. The number of hydrogen-bond donors (Lipinski definition) is 1. The summed E-state index contributed by atoms with van der Waals surface area (Å²) in [5.74, 6) is -0.475. The van der Waals surface area contributed by atoms with Crippen molar-refractivity contribution in [1.29, 1.82) is 0 Å². The van der Waals surface area contributed by atoms with Gasteiger partial charge in [-0.15, -0.1) is 0 Å². The van der Waals surface area contributed by atoms with E-state index in [0.717, 1.165) is 5.69 Å². The average molecular weight is 253 g/mol. The van der Waals surface area contributed by atoms with E-state index in [0.29, 0.717) is 12.1 Å². The van der Waals surface area contributed by atoms with E-state index in [1.54, 1.807) is 19.1 Å². The SMILES string of the molecule is COC(=O)C(CNc1ccc(F)c(C)c1)C(C)C. The topological polar surface area (TPSA) is 38.3 Å². The molecule has 0 aromatic heterocycles. The highest BCUT2D eigenvalue weighted by atomic mass is 19.1. The number of methoxy groups -OCH3 is 1. The van der Waals surface area contributed by atoms with Gasteiger partial charge in [-0.3, -0.25) is 4.79 Å². The minimum atomic E-state index is -0.228. The number of halogens is 1. The average Bonchev–Trinajstić information content (AvgIpc) is 2.33. The Hall–Kier alpha value is -1.58. The second-order valence-corrected chi connectivity index (χ2v) is 4.72. The number of ether oxygens (including phenoxy) is 1. The summed E-state index contributed by atoms with van der Waals surface area (Å²) in [7, 11) is 1.39. The first-order chi connectivity index (χ1) is 8.45. The van der Waals surface area contributed by atoms with E-state index in [2.05, 4.69) is 5.32 Å². The second kappa shape index (κ2) is 6.38. The van der Waals surface area contributed by atoms with Gasteiger partial charge < -0.3 is 10.1 Å². The lowest BCUT2D eigenvalue weighted by atomic mass is 9.96. The summed E-state index contributed by atoms with van der Waals surface area (Å²) in [6.07, 6.45) is 0. The van der Waals surface area contributed by atoms with Crippen LogP contribution in [0.4, 0.5) is 10.1 Å². The number of nitrogens with one attached hydrogen (secondary N) is 1. The van der Waals surface area contributed by atoms with Crippen LogP contribution in [-0.4, -0.2) is 19.6 Å². The third-order valence-electron chi connectivity index (χ3n) is 2.99. The lowest BCUT2D eigenvalue weighted by molar-refractivity contribution is -0.146. The van der Waals surface area contributed by atoms with E-state index in [1.807, 2.05) is 13.8 Å². The maximum atomic E-state index is 13.1. The largest absolute Gasteiger partial charge is 0.469 e. The van der Waals surface area contributed by atoms with Gasteiger partial charge in [0.15, 0.2) is 0 Å². The molecule has 0 aliphatic rings. The van der Waals surface area contributed by atoms with E-state index < -0.39 is 0 Å². The highest BCUT2D eigenvalue weighted by Gasteiger charge is 2.22. The van der Waals surface area contributed by atoms with Crippen LogP contribution < -0.4 is 5.32 Å². The van der Waals surface area contributed by atoms with Gasteiger partial charge in [-0.05, 0) is 36.6 Å². The Morgan fingerprint density at radius 3 is 2.61 bits per heavy atom. The van der Waals surface area contributed by atoms with E-state index in [-0.39, 0.29) is 23.6 Å². The molecule has 100 valence electrons. The van der Waals surface area contributed by atoms with Gasteiger partial charge in [0.2, 0.25) is 0 Å². The molecule has 1 atom stereocenters. The Balaban J connectivity index is 2.67. The molecule has 0 bridgehead atoms. The van der Waals surface area contributed by atoms with Crippen molar-refractivity contribution in [3.63, 3.8) is 0 Å². The van der Waals surface area contributed by atoms with Gasteiger partial charge in [-0.1, -0.05) is 13.8 Å². The maximum absolute atomic E-state index is 13.1. The smallest absolute Gasteiger partial charge is 0.310 e. The van der Waals surface area contributed by atoms with Crippen molar-refractivity contribution in [2.75, 3.05) is 19.0 Å². The molecule has 0 aliphatic carbocycles. The van der Waals surface area contributed by atoms with Crippen molar-refractivity contribution in [2.24, 2.45) is 11.8 Å². The quantitative estimate of drug-likeness (QED) is 0.820. The molecule has 1 N–H and O–H groups in total. The van der Waals surface area contributed by atoms with Gasteiger partial charge in [-0.25, -0.2) is 4.39 Å². The van der Waals surface area contributed by atoms with Crippen LogP contribution in [0, 0.1) is 24.6 Å². The first kappa shape index (κ1) is 14.5. The molecule has 0 spiro atoms. The van der Waals surface area contributed by atoms with Gasteiger partial charge in [0.05, 0.1) is 13.0 Å². The molecule has 3 nitrogen and oxygen atoms in total. The Morgan fingerprint density at radius 2 is 2.11 bits per heavy atom. The van der Waals surface area contributed by atoms with Crippen molar-refractivity contribution < 1.29 is 13.9 Å². The summed E-state index contributed by atoms with van der Waals surface area (Å²) in [5, 5.41) is 3.14. The molecule has 1 aromatic carbocycles. The van der Waals surface area contributed by atoms with Crippen LogP contribution in [0.15, 0.2) is 18.2 Å². The molecule has 1 rings (SSSR count). The molecule has 0 heterocycles. The summed E-state index contributed by atoms with van der Waals surface area (Å²) in [5.41, 5.74) is 1.39. The summed E-state index contributed by atoms with van der Waals surface area (Å²) in [4.78, 5) is 11.6. The predicted molar refractivity (Wildman–Crippen MR) is 70.0 cm³/mol. The molecule has 1 unspecified atom stereocenters. The lowest BCUT2D eigenvalue weighted by Crippen LogP contribution is -2.28. The van der Waals surface area contributed by atoms with Crippen LogP contribution in [0.1, 0.15) is 19.4 Å². The van der Waals surface area contributed by atoms with Crippen LogP contribution in [0.2, 0.25) is 0 Å². The Morgan fingerprint density at radius 1 is 1.44 bits per heavy atom. The highest BCUT2D eigenvalue weighted by molar-refractivity contribution is 5.73. The van der Waals surface area contributed by atoms with Crippen molar-refractivity contribution in [2.45, 2.75) is 20.8 Å². The fourth-order valence-electron chi connectivity index (χ4n) is 1.73. The van der Waals surface area contributed by atoms with Gasteiger partial charge in [0, 0.05) is 12.2 Å². The molecular formula is C14H20FNO2. The number of benzene rings is 1. The first-order valence-corrected chi connectivity index (χ1v) is 6.03. The molecule has 1 aromatic rings. The van der Waals surface area contributed by atoms with Crippen LogP contribution in [0.3, 0.4) is 0 Å². The van der Waals surface area contributed by atoms with Gasteiger partial charge >= 0.3 is 5.97 Å². The normalized spacial score (nSPS) is 12.3. The third-order valence-corrected chi connectivity index (χ3v) is 2.99. The van der Waals surface area contributed by atoms with Gasteiger partial charge in [0.25, 0.3) is 0 Å². The maximum Gasteiger partial charge on any atom is 0.310 e. The number of aryl methyl sites for hydroxylation is 1. The van der Waals surface area contributed by atoms with Crippen molar-refractivity contribution in [3.8, 4) is 0 Å². The minimum absolute atomic E-state index is 0.187. The Kier molecular flexibility index (Phi) is 5.13. The van der Waals surface area contributed by atoms with Gasteiger partial charge in [-0.2, -0.15) is 0 Å². The highest BCUT2D eigenvalue weighted by Crippen LogP contribution is 2.17. The van der Waals surface area contributed by atoms with Crippen molar-refractivity contribution >= 4 is 11.7 Å². The molecule has 0 aliphatic heterocycles. The fraction of sp³-hybridized carbons (Fsp3) is 0.500. The second-order valence-electron chi connectivity index (χ2n) is 4.72. The summed E-state index contributed by atoms with van der Waals surface area (Å²) in [6.45, 7) is 6.13. The van der Waals surface area contributed by atoms with Gasteiger partial charge in [0.1, 0.15) is 5.82 Å². The number of esters is 1. The summed E-state index contributed by atoms with van der Waals surface area (Å²) >= 11 is 0. The third kappa shape index (κ3) is 3.72. The molecule has 0 saturated heterocycles. The van der Waals surface area contributed by atoms with Crippen molar-refractivity contribution in [3.05, 3.63) is 29.6 Å². The van der Waals surface area contributed by atoms with E-state index in [4.69, 9.17) is 4.74 Å². The Labute approximate surface area is 107 Å². The minimum Gasteiger partial charge on any atom is -0.469 e. The fourth-order valence-corrected chi connectivity index (χ4v) is 1.73. The van der Waals surface area contributed by atoms with Crippen LogP contribution >= 0.6 is 0 Å². The van der Waals surface area contributed by atoms with Crippen LogP contribution in [-0.2, 0) is 9.53 Å². The zero-order valence-corrected chi connectivity index (χ0v) is 11.3. The number of anilines is 1. The monoisotopic (exact) mass is 253 g/mol. The molecule has 4 heteroatoms. The standard InChI is InChI=1S/C14H20FNO2/c1-9(2)12(14(17)18-4)8-16-11-5-6-13(15)10(3)7-11/h5-7,9,12,16H,8H2,1-4H3. The number of carbonyl (C=O) groups excluding carboxylic acids is 1. The van der Waals surface area contributed by atoms with E-state index in [9.17, 15) is 9.18 Å². The number of rotatable bonds is 5. The first-order valence-electron chi connectivity index (χ1n) is 6.03. The lowest BCUT2D eigenvalue weighted by Gasteiger charge is -2.19. The van der Waals surface area contributed by atoms with E-state index >= 15 is 0 Å². The molecule has 0 fully saturated rings. The number of carbonyl (C=O) groups is 1. The molecule has 0 radical (unpaired) electrons. The van der Waals surface area contributed by atoms with Crippen molar-refractivity contribution in [1.82, 2.24) is 0 Å². The molecular weight excluding hydrogens is 233 g/mol. The Bertz CT molecular complexity index is 418. The molecule has 0 saturated carbocycles. The summed E-state index contributed by atoms with van der Waals surface area (Å²) in [6, 6.07) is 4.81. The van der Waals surface area contributed by atoms with E-state index in [1.165, 1.54) is 13.2 Å². The number of hydrogen-bond acceptors (Lipinski definition) is 3. The summed E-state index contributed by atoms with van der Waals surface area (Å²) < 4.78 is 17.9. The predicted octanol–water partition coefficient (Wildman–Crippen LogP) is 2.99. The molecule has 18 heavy (non-hydrogen) atoms. The van der Waals surface area contributed by atoms with Crippen LogP contribution in [0.25, 0.3) is 0 Å². The zero-order chi connectivity index (χ0) is 13.7. The van der Waals surface area contributed by atoms with Crippen LogP contribution in [0.5, 0.6) is 0 Å².